The lowest BCUT2D eigenvalue weighted by molar-refractivity contribution is -0.233. The maximum absolute atomic E-state index is 5.70. The lowest BCUT2D eigenvalue weighted by atomic mass is 9.96. The molecule has 184 valence electrons. The Bertz CT molecular complexity index is 364. The van der Waals surface area contributed by atoms with E-state index in [0.717, 1.165) is 0 Å². The molecule has 0 bridgehead atoms. The van der Waals surface area contributed by atoms with Gasteiger partial charge in [0.25, 0.3) is 0 Å². The third-order valence-corrected chi connectivity index (χ3v) is 5.64. The first kappa shape index (κ1) is 32.6. The van der Waals surface area contributed by atoms with E-state index in [9.17, 15) is 0 Å². The minimum atomic E-state index is -0.0684. The lowest BCUT2D eigenvalue weighted by Gasteiger charge is -2.42. The minimum Gasteiger partial charge on any atom is -0.376 e. The molecule has 8 nitrogen and oxygen atoms in total. The molecule has 4 unspecified atom stereocenters. The molecule has 2 aliphatic rings. The fourth-order valence-electron chi connectivity index (χ4n) is 4.27. The number of hydrogen-bond acceptors (Lipinski definition) is 8. The molecule has 0 radical (unpaired) electrons. The normalized spacial score (nSPS) is 41.0. The molecule has 2 saturated heterocycles. The Balaban J connectivity index is 0. The zero-order chi connectivity index (χ0) is 21.4. The van der Waals surface area contributed by atoms with Crippen LogP contribution in [-0.2, 0) is 37.9 Å². The Hall–Kier alpha value is 0.380. The standard InChI is InChI=1S/2C10H20O4.2H2S/c2*1-6-8(11-3)10(13-5)9(12-4)7(2)14-6;;/h2*6-10H,1-5H3;2*1H2/t6-,7-,8-,9-;;;/m0.../s1. The summed E-state index contributed by atoms with van der Waals surface area (Å²) in [5, 5.41) is 0. The summed E-state index contributed by atoms with van der Waals surface area (Å²) in [6.07, 6.45) is -0.271. The summed E-state index contributed by atoms with van der Waals surface area (Å²) in [5.74, 6) is 0. The summed E-state index contributed by atoms with van der Waals surface area (Å²) >= 11 is 0. The number of methoxy groups -OCH3 is 6. The average Bonchev–Trinajstić information content (AvgIpc) is 2.67. The highest BCUT2D eigenvalue weighted by atomic mass is 32.1. The maximum atomic E-state index is 5.70. The van der Waals surface area contributed by atoms with Crippen LogP contribution in [0.25, 0.3) is 0 Å². The van der Waals surface area contributed by atoms with Gasteiger partial charge in [0.2, 0.25) is 0 Å². The van der Waals surface area contributed by atoms with Gasteiger partial charge in [0.15, 0.2) is 0 Å². The van der Waals surface area contributed by atoms with Crippen molar-refractivity contribution in [3.63, 3.8) is 0 Å². The van der Waals surface area contributed by atoms with Crippen molar-refractivity contribution in [3.05, 3.63) is 0 Å². The molecule has 0 N–H and O–H groups in total. The summed E-state index contributed by atoms with van der Waals surface area (Å²) in [6.45, 7) is 7.95. The summed E-state index contributed by atoms with van der Waals surface area (Å²) in [4.78, 5) is 0. The monoisotopic (exact) mass is 476 g/mol. The predicted octanol–water partition coefficient (Wildman–Crippen LogP) is 1.90. The summed E-state index contributed by atoms with van der Waals surface area (Å²) in [7, 11) is 10.0. The van der Waals surface area contributed by atoms with E-state index in [2.05, 4.69) is 0 Å². The van der Waals surface area contributed by atoms with Crippen LogP contribution in [0.5, 0.6) is 0 Å². The van der Waals surface area contributed by atoms with Gasteiger partial charge in [-0.2, -0.15) is 27.0 Å². The molecule has 0 aromatic heterocycles. The van der Waals surface area contributed by atoms with Crippen molar-refractivity contribution in [2.45, 2.75) is 88.7 Å². The van der Waals surface area contributed by atoms with Crippen LogP contribution in [0.2, 0.25) is 0 Å². The second kappa shape index (κ2) is 16.1. The van der Waals surface area contributed by atoms with Gasteiger partial charge in [-0.25, -0.2) is 0 Å². The van der Waals surface area contributed by atoms with E-state index in [1.807, 2.05) is 27.7 Å². The molecule has 0 aromatic rings. The predicted molar refractivity (Wildman–Crippen MR) is 126 cm³/mol. The molecular weight excluding hydrogens is 432 g/mol. The summed E-state index contributed by atoms with van der Waals surface area (Å²) < 4.78 is 43.6. The van der Waals surface area contributed by atoms with E-state index < -0.39 is 0 Å². The highest BCUT2D eigenvalue weighted by Gasteiger charge is 2.44. The van der Waals surface area contributed by atoms with Crippen molar-refractivity contribution < 1.29 is 37.9 Å². The van der Waals surface area contributed by atoms with Gasteiger partial charge in [-0.15, -0.1) is 0 Å². The molecule has 8 atom stereocenters. The van der Waals surface area contributed by atoms with Crippen molar-refractivity contribution in [3.8, 4) is 0 Å². The number of hydrogen-bond donors (Lipinski definition) is 0. The maximum Gasteiger partial charge on any atom is 0.114 e. The summed E-state index contributed by atoms with van der Waals surface area (Å²) in [5.41, 5.74) is 0. The van der Waals surface area contributed by atoms with Crippen molar-refractivity contribution in [2.75, 3.05) is 42.7 Å². The van der Waals surface area contributed by atoms with Gasteiger partial charge in [-0.3, -0.25) is 0 Å². The molecule has 2 fully saturated rings. The van der Waals surface area contributed by atoms with Crippen LogP contribution >= 0.6 is 27.0 Å². The Morgan fingerprint density at radius 1 is 0.367 bits per heavy atom. The van der Waals surface area contributed by atoms with Crippen LogP contribution in [0, 0.1) is 0 Å². The first-order chi connectivity index (χ1) is 13.3. The molecule has 2 heterocycles. The van der Waals surface area contributed by atoms with E-state index in [1.165, 1.54) is 0 Å². The topological polar surface area (TPSA) is 73.8 Å². The van der Waals surface area contributed by atoms with Crippen LogP contribution in [0.4, 0.5) is 0 Å². The molecule has 2 aliphatic heterocycles. The van der Waals surface area contributed by atoms with Gasteiger partial charge in [0.1, 0.15) is 36.6 Å². The smallest absolute Gasteiger partial charge is 0.114 e. The minimum absolute atomic E-state index is 0. The van der Waals surface area contributed by atoms with E-state index in [4.69, 9.17) is 37.9 Å². The molecule has 0 saturated carbocycles. The Morgan fingerprint density at radius 3 is 0.667 bits per heavy atom. The van der Waals surface area contributed by atoms with Gasteiger partial charge in [-0.1, -0.05) is 0 Å². The first-order valence-corrected chi connectivity index (χ1v) is 9.78. The third-order valence-electron chi connectivity index (χ3n) is 5.64. The van der Waals surface area contributed by atoms with Gasteiger partial charge >= 0.3 is 0 Å². The van der Waals surface area contributed by atoms with Crippen molar-refractivity contribution in [1.82, 2.24) is 0 Å². The molecule has 0 spiro atoms. The van der Waals surface area contributed by atoms with E-state index >= 15 is 0 Å². The average molecular weight is 477 g/mol. The van der Waals surface area contributed by atoms with Gasteiger partial charge in [0, 0.05) is 42.7 Å². The van der Waals surface area contributed by atoms with Crippen LogP contribution < -0.4 is 0 Å². The van der Waals surface area contributed by atoms with Crippen molar-refractivity contribution in [1.29, 1.82) is 0 Å². The summed E-state index contributed by atoms with van der Waals surface area (Å²) in [6, 6.07) is 0. The van der Waals surface area contributed by atoms with Crippen LogP contribution in [-0.4, -0.2) is 104 Å². The fraction of sp³-hybridized carbons (Fsp3) is 1.00. The van der Waals surface area contributed by atoms with Gasteiger partial charge in [0.05, 0.1) is 24.4 Å². The molecular formula is C20H44O8S2. The SMILES string of the molecule is COC1C(C)OC(C)C(OC)C1OC.COC1[C@@H](OC)[C@H](C)O[C@@H](C)[C@@H]1OC.S.S. The zero-order valence-corrected chi connectivity index (χ0v) is 22.0. The van der Waals surface area contributed by atoms with E-state index in [0.29, 0.717) is 0 Å². The fourth-order valence-corrected chi connectivity index (χ4v) is 4.27. The van der Waals surface area contributed by atoms with Gasteiger partial charge in [-0.05, 0) is 27.7 Å². The quantitative estimate of drug-likeness (QED) is 0.576. The molecule has 0 amide bonds. The Kier molecular flexibility index (Phi) is 17.4. The number of rotatable bonds is 6. The lowest BCUT2D eigenvalue weighted by Crippen LogP contribution is -2.57. The molecule has 2 rings (SSSR count). The second-order valence-corrected chi connectivity index (χ2v) is 7.29. The van der Waals surface area contributed by atoms with Crippen LogP contribution in [0.1, 0.15) is 27.7 Å². The molecule has 10 heteroatoms. The highest BCUT2D eigenvalue weighted by molar-refractivity contribution is 7.59. The van der Waals surface area contributed by atoms with Crippen LogP contribution in [0.15, 0.2) is 0 Å². The van der Waals surface area contributed by atoms with Crippen LogP contribution in [0.3, 0.4) is 0 Å². The van der Waals surface area contributed by atoms with E-state index in [1.54, 1.807) is 42.7 Å². The van der Waals surface area contributed by atoms with Gasteiger partial charge < -0.3 is 37.9 Å². The molecule has 30 heavy (non-hydrogen) atoms. The van der Waals surface area contributed by atoms with Crippen molar-refractivity contribution >= 4 is 27.0 Å². The van der Waals surface area contributed by atoms with E-state index in [-0.39, 0.29) is 88.0 Å². The third kappa shape index (κ3) is 7.75. The zero-order valence-electron chi connectivity index (χ0n) is 20.0. The number of ether oxygens (including phenoxy) is 8. The highest BCUT2D eigenvalue weighted by Crippen LogP contribution is 2.27. The molecule has 0 aliphatic carbocycles. The largest absolute Gasteiger partial charge is 0.376 e. The Labute approximate surface area is 196 Å². The molecule has 0 aromatic carbocycles. The van der Waals surface area contributed by atoms with Crippen molar-refractivity contribution in [2.24, 2.45) is 0 Å². The second-order valence-electron chi connectivity index (χ2n) is 7.29. The first-order valence-electron chi connectivity index (χ1n) is 9.78. The Morgan fingerprint density at radius 2 is 0.533 bits per heavy atom.